The molecule has 2 radical (unpaired) electrons. The molecule has 0 fully saturated rings. The minimum absolute atomic E-state index is 0. The molecule has 0 aliphatic rings. The van der Waals surface area contributed by atoms with Gasteiger partial charge in [0.2, 0.25) is 0 Å². The molecule has 0 spiro atoms. The zero-order valence-corrected chi connectivity index (χ0v) is 8.43. The van der Waals surface area contributed by atoms with E-state index in [0.717, 1.165) is 0 Å². The monoisotopic (exact) mass is 324 g/mol. The van der Waals surface area contributed by atoms with Crippen molar-refractivity contribution in [1.29, 1.82) is 0 Å². The first-order chi connectivity index (χ1) is 0. The molecular formula is H9CaClO2Pb. The van der Waals surface area contributed by atoms with Gasteiger partial charge in [-0.05, 0) is 0 Å². The average Bonchev–Trinajstić information content (AvgIpc) is 0. The van der Waals surface area contributed by atoms with Crippen LogP contribution in [0.3, 0.4) is 0 Å². The van der Waals surface area contributed by atoms with Crippen molar-refractivity contribution < 1.29 is 11.0 Å². The van der Waals surface area contributed by atoms with Gasteiger partial charge in [0.15, 0.2) is 0 Å². The molecule has 34 valence electrons. The summed E-state index contributed by atoms with van der Waals surface area (Å²) in [4.78, 5) is 0. The van der Waals surface area contributed by atoms with Crippen LogP contribution in [0.1, 0.15) is 0 Å². The summed E-state index contributed by atoms with van der Waals surface area (Å²) in [6, 6.07) is 0. The molecule has 0 saturated carbocycles. The van der Waals surface area contributed by atoms with Gasteiger partial charge >= 0.3 is 65.0 Å². The van der Waals surface area contributed by atoms with Gasteiger partial charge in [0.25, 0.3) is 0 Å². The number of halogens is 1. The van der Waals surface area contributed by atoms with Crippen molar-refractivity contribution in [3.05, 3.63) is 0 Å². The Balaban J connectivity index is 0. The summed E-state index contributed by atoms with van der Waals surface area (Å²) in [5, 5.41) is 0. The maximum atomic E-state index is 0. The van der Waals surface area contributed by atoms with Gasteiger partial charge in [-0.25, -0.2) is 0 Å². The third-order valence-corrected chi connectivity index (χ3v) is 0. The van der Waals surface area contributed by atoms with E-state index in [2.05, 4.69) is 0 Å². The second kappa shape index (κ2) is 32.5. The van der Waals surface area contributed by atoms with Crippen LogP contribution in [0.5, 0.6) is 0 Å². The summed E-state index contributed by atoms with van der Waals surface area (Å²) in [6.07, 6.45) is 0. The predicted octanol–water partition coefficient (Wildman–Crippen LogP) is -3.06. The van der Waals surface area contributed by atoms with E-state index in [1.807, 2.05) is 0 Å². The van der Waals surface area contributed by atoms with Crippen LogP contribution in [0.4, 0.5) is 0 Å². The minimum atomic E-state index is 0. The van der Waals surface area contributed by atoms with Crippen LogP contribution < -0.4 is 0 Å². The van der Waals surface area contributed by atoms with Crippen molar-refractivity contribution in [2.75, 3.05) is 0 Å². The van der Waals surface area contributed by atoms with Crippen molar-refractivity contribution in [3.8, 4) is 0 Å². The molecule has 5 heavy (non-hydrogen) atoms. The van der Waals surface area contributed by atoms with Crippen molar-refractivity contribution in [1.82, 2.24) is 0 Å². The molecule has 0 bridgehead atoms. The molecule has 0 aromatic carbocycles. The van der Waals surface area contributed by atoms with Crippen LogP contribution in [0.2, 0.25) is 0 Å². The molecule has 0 aliphatic carbocycles. The third-order valence-electron chi connectivity index (χ3n) is 0. The van der Waals surface area contributed by atoms with Crippen molar-refractivity contribution >= 4 is 77.4 Å². The molecule has 0 heterocycles. The molecule has 0 amide bonds. The molecule has 0 atom stereocenters. The molecular weight excluding hydrogens is 315 g/mol. The number of hydrogen-bond acceptors (Lipinski definition) is 0. The Morgan fingerprint density at radius 3 is 0.800 bits per heavy atom. The van der Waals surface area contributed by atoms with Crippen LogP contribution in [0.25, 0.3) is 0 Å². The Bertz CT molecular complexity index is 9.61. The first-order valence-corrected chi connectivity index (χ1v) is 0. The zero-order chi connectivity index (χ0) is 0. The van der Waals surface area contributed by atoms with E-state index in [-0.39, 0.29) is 88.4 Å². The van der Waals surface area contributed by atoms with Crippen LogP contribution >= 0.6 is 12.4 Å². The van der Waals surface area contributed by atoms with Crippen LogP contribution in [0, 0.1) is 0 Å². The maximum absolute atomic E-state index is 0. The molecule has 0 unspecified atom stereocenters. The predicted molar refractivity (Wildman–Crippen MR) is 31.6 cm³/mol. The Labute approximate surface area is 86.9 Å². The molecule has 0 rings (SSSR count). The van der Waals surface area contributed by atoms with E-state index in [0.29, 0.717) is 0 Å². The first kappa shape index (κ1) is 52.8. The standard InChI is InChI=1S/Ca.ClH.2H2O.Pb.4H/h;1H;2*1H2;;;;;. The summed E-state index contributed by atoms with van der Waals surface area (Å²) in [7, 11) is 0. The summed E-state index contributed by atoms with van der Waals surface area (Å²) in [5.41, 5.74) is 0. The Kier molecular flexibility index (Phi) is 343. The SMILES string of the molecule is Cl.O.O.[CaH2].[PbH2]. The van der Waals surface area contributed by atoms with Gasteiger partial charge in [0.05, 0.1) is 0 Å². The van der Waals surface area contributed by atoms with Gasteiger partial charge in [0.1, 0.15) is 0 Å². The van der Waals surface area contributed by atoms with Gasteiger partial charge in [-0.15, -0.1) is 12.4 Å². The van der Waals surface area contributed by atoms with E-state index >= 15 is 0 Å². The Hall–Kier alpha value is 2.39. The fourth-order valence-corrected chi connectivity index (χ4v) is 0. The molecule has 4 N–H and O–H groups in total. The molecule has 0 saturated heterocycles. The van der Waals surface area contributed by atoms with Crippen LogP contribution in [-0.4, -0.2) is 76.0 Å². The van der Waals surface area contributed by atoms with Gasteiger partial charge in [-0.2, -0.15) is 0 Å². The second-order valence-corrected chi connectivity index (χ2v) is 0. The molecule has 0 aliphatic heterocycles. The quantitative estimate of drug-likeness (QED) is 0.425. The van der Waals surface area contributed by atoms with Gasteiger partial charge < -0.3 is 11.0 Å². The summed E-state index contributed by atoms with van der Waals surface area (Å²) in [5.74, 6) is 0. The summed E-state index contributed by atoms with van der Waals surface area (Å²) in [6.45, 7) is 0. The number of hydrogen-bond donors (Lipinski definition) is 0. The number of rotatable bonds is 0. The average molecular weight is 324 g/mol. The van der Waals surface area contributed by atoms with Gasteiger partial charge in [-0.1, -0.05) is 0 Å². The third kappa shape index (κ3) is 21.6. The van der Waals surface area contributed by atoms with E-state index in [1.54, 1.807) is 0 Å². The first-order valence-electron chi connectivity index (χ1n) is 0. The fourth-order valence-electron chi connectivity index (χ4n) is 0. The topological polar surface area (TPSA) is 63.0 Å². The summed E-state index contributed by atoms with van der Waals surface area (Å²) < 4.78 is 0. The summed E-state index contributed by atoms with van der Waals surface area (Å²) >= 11 is 0. The fraction of sp³-hybridized carbons (Fsp3) is 0. The Morgan fingerprint density at radius 2 is 0.800 bits per heavy atom. The van der Waals surface area contributed by atoms with Crippen molar-refractivity contribution in [3.63, 3.8) is 0 Å². The zero-order valence-electron chi connectivity index (χ0n) is 2.12. The van der Waals surface area contributed by atoms with Crippen LogP contribution in [-0.2, 0) is 0 Å². The van der Waals surface area contributed by atoms with E-state index in [9.17, 15) is 0 Å². The van der Waals surface area contributed by atoms with Crippen molar-refractivity contribution in [2.45, 2.75) is 0 Å². The molecule has 0 aromatic heterocycles. The van der Waals surface area contributed by atoms with E-state index < -0.39 is 0 Å². The van der Waals surface area contributed by atoms with E-state index in [1.165, 1.54) is 0 Å². The second-order valence-electron chi connectivity index (χ2n) is 0. The molecule has 0 aromatic rings. The Morgan fingerprint density at radius 1 is 0.800 bits per heavy atom. The van der Waals surface area contributed by atoms with Crippen LogP contribution in [0.15, 0.2) is 0 Å². The van der Waals surface area contributed by atoms with Gasteiger partial charge in [-0.3, -0.25) is 0 Å². The molecule has 2 nitrogen and oxygen atoms in total. The van der Waals surface area contributed by atoms with Crippen molar-refractivity contribution in [2.24, 2.45) is 0 Å². The van der Waals surface area contributed by atoms with E-state index in [4.69, 9.17) is 0 Å². The normalized spacial score (nSPS) is 0. The molecule has 5 heteroatoms. The van der Waals surface area contributed by atoms with Gasteiger partial charge in [0, 0.05) is 0 Å².